The van der Waals surface area contributed by atoms with Crippen molar-refractivity contribution < 1.29 is 4.74 Å². The van der Waals surface area contributed by atoms with Gasteiger partial charge in [-0.05, 0) is 40.5 Å². The molecule has 0 spiro atoms. The van der Waals surface area contributed by atoms with Crippen LogP contribution in [0.5, 0.6) is 0 Å². The molecule has 0 aliphatic heterocycles. The first-order valence-electron chi connectivity index (χ1n) is 6.87. The summed E-state index contributed by atoms with van der Waals surface area (Å²) in [6.45, 7) is 10.3. The highest BCUT2D eigenvalue weighted by molar-refractivity contribution is 5.03. The Morgan fingerprint density at radius 1 is 1.44 bits per heavy atom. The molecule has 0 radical (unpaired) electrons. The van der Waals surface area contributed by atoms with Crippen LogP contribution in [0.1, 0.15) is 52.3 Å². The number of hydrogen-bond acceptors (Lipinski definition) is 3. The molecule has 0 amide bonds. The number of hydrogen-bond donors (Lipinski definition) is 1. The Kier molecular flexibility index (Phi) is 4.07. The monoisotopic (exact) mass is 251 g/mol. The molecular formula is C14H25N3O. The summed E-state index contributed by atoms with van der Waals surface area (Å²) in [6, 6.07) is 0.570. The number of rotatable bonds is 5. The summed E-state index contributed by atoms with van der Waals surface area (Å²) in [7, 11) is 0. The van der Waals surface area contributed by atoms with Crippen LogP contribution >= 0.6 is 0 Å². The predicted molar refractivity (Wildman–Crippen MR) is 72.5 cm³/mol. The Balaban J connectivity index is 1.89. The zero-order chi connectivity index (χ0) is 13.2. The van der Waals surface area contributed by atoms with E-state index in [4.69, 9.17) is 4.74 Å². The van der Waals surface area contributed by atoms with Crippen LogP contribution in [0.25, 0.3) is 0 Å². The van der Waals surface area contributed by atoms with E-state index in [0.29, 0.717) is 12.1 Å². The molecule has 2 rings (SSSR count). The minimum absolute atomic E-state index is 0.141. The normalized spacial score (nSPS) is 24.0. The summed E-state index contributed by atoms with van der Waals surface area (Å²) in [5, 5.41) is 3.51. The molecule has 0 aromatic carbocycles. The topological polar surface area (TPSA) is 39.1 Å². The molecule has 0 atom stereocenters. The van der Waals surface area contributed by atoms with E-state index in [1.165, 1.54) is 5.69 Å². The first-order valence-corrected chi connectivity index (χ1v) is 6.87. The van der Waals surface area contributed by atoms with Gasteiger partial charge in [-0.25, -0.2) is 4.98 Å². The minimum Gasteiger partial charge on any atom is -0.378 e. The van der Waals surface area contributed by atoms with Crippen molar-refractivity contribution in [2.45, 2.75) is 64.8 Å². The molecule has 18 heavy (non-hydrogen) atoms. The van der Waals surface area contributed by atoms with Crippen molar-refractivity contribution in [3.8, 4) is 0 Å². The Morgan fingerprint density at radius 3 is 2.78 bits per heavy atom. The summed E-state index contributed by atoms with van der Waals surface area (Å²) < 4.78 is 7.91. The Bertz CT molecular complexity index is 375. The Hall–Kier alpha value is -0.870. The molecule has 1 aromatic heterocycles. The molecule has 1 aromatic rings. The lowest BCUT2D eigenvalue weighted by Crippen LogP contribution is -2.37. The fourth-order valence-corrected chi connectivity index (χ4v) is 2.29. The highest BCUT2D eigenvalue weighted by Gasteiger charge is 2.31. The van der Waals surface area contributed by atoms with Gasteiger partial charge in [0.15, 0.2) is 0 Å². The first kappa shape index (κ1) is 13.6. The Labute approximate surface area is 110 Å². The maximum Gasteiger partial charge on any atom is 0.0951 e. The average molecular weight is 251 g/mol. The van der Waals surface area contributed by atoms with E-state index >= 15 is 0 Å². The molecule has 1 aliphatic rings. The third-order valence-electron chi connectivity index (χ3n) is 3.41. The quantitative estimate of drug-likeness (QED) is 0.874. The third kappa shape index (κ3) is 3.33. The van der Waals surface area contributed by atoms with E-state index in [1.54, 1.807) is 0 Å². The second-order valence-corrected chi connectivity index (χ2v) is 6.10. The highest BCUT2D eigenvalue weighted by Crippen LogP contribution is 2.35. The van der Waals surface area contributed by atoms with Crippen molar-refractivity contribution in [1.29, 1.82) is 0 Å². The van der Waals surface area contributed by atoms with Gasteiger partial charge in [0.05, 0.1) is 18.1 Å². The summed E-state index contributed by atoms with van der Waals surface area (Å²) in [4.78, 5) is 4.28. The zero-order valence-corrected chi connectivity index (χ0v) is 11.9. The largest absolute Gasteiger partial charge is 0.378 e. The number of nitrogens with zero attached hydrogens (tertiary/aromatic N) is 2. The van der Waals surface area contributed by atoms with Crippen LogP contribution in [-0.4, -0.2) is 27.8 Å². The number of ether oxygens (including phenoxy) is 1. The van der Waals surface area contributed by atoms with E-state index in [-0.39, 0.29) is 5.54 Å². The van der Waals surface area contributed by atoms with Crippen LogP contribution in [-0.2, 0) is 11.3 Å². The summed E-state index contributed by atoms with van der Waals surface area (Å²) in [5.41, 5.74) is 1.41. The molecule has 102 valence electrons. The maximum atomic E-state index is 5.61. The van der Waals surface area contributed by atoms with E-state index in [1.807, 2.05) is 12.5 Å². The molecule has 4 heteroatoms. The predicted octanol–water partition coefficient (Wildman–Crippen LogP) is 2.51. The standard InChI is InChI=1S/C14H25N3O/c1-5-18-13-6-11(7-13)17-10-15-8-12(17)9-16-14(2,3)4/h8,10-11,13,16H,5-7,9H2,1-4H3. The average Bonchev–Trinajstić information content (AvgIpc) is 2.66. The smallest absolute Gasteiger partial charge is 0.0951 e. The van der Waals surface area contributed by atoms with Crippen molar-refractivity contribution in [3.05, 3.63) is 18.2 Å². The lowest BCUT2D eigenvalue weighted by molar-refractivity contribution is -0.0203. The molecule has 1 heterocycles. The molecule has 1 fully saturated rings. The van der Waals surface area contributed by atoms with Gasteiger partial charge < -0.3 is 14.6 Å². The molecule has 0 bridgehead atoms. The van der Waals surface area contributed by atoms with Gasteiger partial charge in [-0.3, -0.25) is 0 Å². The van der Waals surface area contributed by atoms with E-state index in [0.717, 1.165) is 26.0 Å². The van der Waals surface area contributed by atoms with Gasteiger partial charge in [-0.1, -0.05) is 0 Å². The maximum absolute atomic E-state index is 5.61. The van der Waals surface area contributed by atoms with Gasteiger partial charge >= 0.3 is 0 Å². The summed E-state index contributed by atoms with van der Waals surface area (Å²) in [5.74, 6) is 0. The number of aromatic nitrogens is 2. The van der Waals surface area contributed by atoms with Crippen molar-refractivity contribution in [3.63, 3.8) is 0 Å². The van der Waals surface area contributed by atoms with Gasteiger partial charge in [0, 0.05) is 30.9 Å². The van der Waals surface area contributed by atoms with Gasteiger partial charge in [0.25, 0.3) is 0 Å². The van der Waals surface area contributed by atoms with E-state index < -0.39 is 0 Å². The van der Waals surface area contributed by atoms with Gasteiger partial charge in [0.2, 0.25) is 0 Å². The van der Waals surface area contributed by atoms with Crippen LogP contribution in [0.2, 0.25) is 0 Å². The van der Waals surface area contributed by atoms with E-state index in [2.05, 4.69) is 42.6 Å². The molecule has 0 saturated heterocycles. The minimum atomic E-state index is 0.141. The van der Waals surface area contributed by atoms with E-state index in [9.17, 15) is 0 Å². The summed E-state index contributed by atoms with van der Waals surface area (Å²) >= 11 is 0. The van der Waals surface area contributed by atoms with Gasteiger partial charge in [-0.15, -0.1) is 0 Å². The zero-order valence-electron chi connectivity index (χ0n) is 11.9. The van der Waals surface area contributed by atoms with Gasteiger partial charge in [-0.2, -0.15) is 0 Å². The van der Waals surface area contributed by atoms with Crippen molar-refractivity contribution in [2.24, 2.45) is 0 Å². The summed E-state index contributed by atoms with van der Waals surface area (Å²) in [6.07, 6.45) is 6.60. The number of nitrogens with one attached hydrogen (secondary N) is 1. The van der Waals surface area contributed by atoms with Crippen LogP contribution < -0.4 is 5.32 Å². The second-order valence-electron chi connectivity index (χ2n) is 6.10. The first-order chi connectivity index (χ1) is 8.49. The fraction of sp³-hybridized carbons (Fsp3) is 0.786. The molecule has 1 saturated carbocycles. The van der Waals surface area contributed by atoms with Crippen molar-refractivity contribution in [1.82, 2.24) is 14.9 Å². The van der Waals surface area contributed by atoms with Gasteiger partial charge in [0.1, 0.15) is 0 Å². The lowest BCUT2D eigenvalue weighted by Gasteiger charge is -2.36. The third-order valence-corrected chi connectivity index (χ3v) is 3.41. The Morgan fingerprint density at radius 2 is 2.17 bits per heavy atom. The van der Waals surface area contributed by atoms with Crippen molar-refractivity contribution >= 4 is 0 Å². The molecule has 1 N–H and O–H groups in total. The van der Waals surface area contributed by atoms with Crippen LogP contribution in [0.15, 0.2) is 12.5 Å². The van der Waals surface area contributed by atoms with Crippen LogP contribution in [0.3, 0.4) is 0 Å². The van der Waals surface area contributed by atoms with Crippen LogP contribution in [0, 0.1) is 0 Å². The highest BCUT2D eigenvalue weighted by atomic mass is 16.5. The SMILES string of the molecule is CCOC1CC(n2cncc2CNC(C)(C)C)C1. The lowest BCUT2D eigenvalue weighted by atomic mass is 9.89. The molecular weight excluding hydrogens is 226 g/mol. The molecule has 4 nitrogen and oxygen atoms in total. The van der Waals surface area contributed by atoms with Crippen molar-refractivity contribution in [2.75, 3.05) is 6.61 Å². The fourth-order valence-electron chi connectivity index (χ4n) is 2.29. The van der Waals surface area contributed by atoms with Crippen LogP contribution in [0.4, 0.5) is 0 Å². The molecule has 1 aliphatic carbocycles. The second kappa shape index (κ2) is 5.41. The number of imidazole rings is 1. The molecule has 0 unspecified atom stereocenters.